The van der Waals surface area contributed by atoms with Crippen molar-refractivity contribution in [3.63, 3.8) is 0 Å². The minimum absolute atomic E-state index is 0.0584. The van der Waals surface area contributed by atoms with Crippen LogP contribution in [0.5, 0.6) is 5.75 Å². The summed E-state index contributed by atoms with van der Waals surface area (Å²) in [6.07, 6.45) is 1.38. The molecule has 17 heavy (non-hydrogen) atoms. The highest BCUT2D eigenvalue weighted by atomic mass is 16.5. The number of carbonyl (C=O) groups is 1. The van der Waals surface area contributed by atoms with Crippen LogP contribution in [-0.2, 0) is 4.79 Å². The molecular formula is C12H16N2O3. The number of benzene rings is 1. The van der Waals surface area contributed by atoms with Crippen LogP contribution in [0.4, 0.5) is 5.69 Å². The van der Waals surface area contributed by atoms with Gasteiger partial charge < -0.3 is 20.9 Å². The van der Waals surface area contributed by atoms with Crippen molar-refractivity contribution in [3.8, 4) is 5.75 Å². The Morgan fingerprint density at radius 1 is 1.53 bits per heavy atom. The molecule has 0 aliphatic carbocycles. The molecule has 1 heterocycles. The molecule has 1 aliphatic heterocycles. The van der Waals surface area contributed by atoms with E-state index in [9.17, 15) is 4.79 Å². The van der Waals surface area contributed by atoms with Gasteiger partial charge in [0.05, 0.1) is 5.69 Å². The normalized spacial score (nSPS) is 15.8. The van der Waals surface area contributed by atoms with E-state index >= 15 is 0 Å². The molecule has 1 aromatic rings. The van der Waals surface area contributed by atoms with Gasteiger partial charge in [0.2, 0.25) is 0 Å². The standard InChI is InChI=1S/C12H16N2O3/c13-9(2-1-5-15)8-3-4-11-10(6-8)14-12(16)7-17-11/h3-4,6,9,15H,1-2,5,7,13H2,(H,14,16). The van der Waals surface area contributed by atoms with Crippen LogP contribution in [0.1, 0.15) is 24.4 Å². The Bertz CT molecular complexity index is 420. The highest BCUT2D eigenvalue weighted by molar-refractivity contribution is 5.95. The van der Waals surface area contributed by atoms with Gasteiger partial charge in [0.25, 0.3) is 5.91 Å². The SMILES string of the molecule is NC(CCCO)c1ccc2c(c1)NC(=O)CO2. The summed E-state index contributed by atoms with van der Waals surface area (Å²) in [7, 11) is 0. The molecule has 0 bridgehead atoms. The molecule has 2 rings (SSSR count). The number of carbonyl (C=O) groups excluding carboxylic acids is 1. The number of nitrogens with two attached hydrogens (primary N) is 1. The Kier molecular flexibility index (Phi) is 3.61. The van der Waals surface area contributed by atoms with E-state index in [-0.39, 0.29) is 25.2 Å². The van der Waals surface area contributed by atoms with Crippen molar-refractivity contribution in [2.45, 2.75) is 18.9 Å². The summed E-state index contributed by atoms with van der Waals surface area (Å²) < 4.78 is 5.26. The fraction of sp³-hybridized carbons (Fsp3) is 0.417. The zero-order valence-corrected chi connectivity index (χ0v) is 9.48. The van der Waals surface area contributed by atoms with Gasteiger partial charge in [-0.1, -0.05) is 6.07 Å². The second-order valence-corrected chi connectivity index (χ2v) is 4.06. The molecule has 0 fully saturated rings. The van der Waals surface area contributed by atoms with Crippen molar-refractivity contribution in [3.05, 3.63) is 23.8 Å². The molecule has 0 aromatic heterocycles. The Morgan fingerprint density at radius 2 is 2.35 bits per heavy atom. The van der Waals surface area contributed by atoms with Gasteiger partial charge in [-0.15, -0.1) is 0 Å². The van der Waals surface area contributed by atoms with E-state index < -0.39 is 0 Å². The van der Waals surface area contributed by atoms with Crippen molar-refractivity contribution >= 4 is 11.6 Å². The third kappa shape index (κ3) is 2.75. The van der Waals surface area contributed by atoms with Crippen LogP contribution in [-0.4, -0.2) is 24.2 Å². The van der Waals surface area contributed by atoms with Gasteiger partial charge in [-0.3, -0.25) is 4.79 Å². The number of rotatable bonds is 4. The average Bonchev–Trinajstić information content (AvgIpc) is 2.35. The summed E-state index contributed by atoms with van der Waals surface area (Å²) in [5, 5.41) is 11.5. The van der Waals surface area contributed by atoms with Crippen LogP contribution in [0.2, 0.25) is 0 Å². The maximum absolute atomic E-state index is 11.2. The van der Waals surface area contributed by atoms with Crippen LogP contribution in [0.15, 0.2) is 18.2 Å². The van der Waals surface area contributed by atoms with Gasteiger partial charge in [0, 0.05) is 12.6 Å². The number of hydrogen-bond donors (Lipinski definition) is 3. The fourth-order valence-corrected chi connectivity index (χ4v) is 1.81. The number of hydrogen-bond acceptors (Lipinski definition) is 4. The van der Waals surface area contributed by atoms with Gasteiger partial charge in [-0.25, -0.2) is 0 Å². The van der Waals surface area contributed by atoms with Gasteiger partial charge in [-0.05, 0) is 30.5 Å². The molecule has 0 saturated carbocycles. The van der Waals surface area contributed by atoms with E-state index in [0.29, 0.717) is 24.3 Å². The summed E-state index contributed by atoms with van der Waals surface area (Å²) in [6, 6.07) is 5.39. The second-order valence-electron chi connectivity index (χ2n) is 4.06. The number of amides is 1. The largest absolute Gasteiger partial charge is 0.482 e. The molecule has 4 N–H and O–H groups in total. The van der Waals surface area contributed by atoms with E-state index in [4.69, 9.17) is 15.6 Å². The van der Waals surface area contributed by atoms with Crippen LogP contribution >= 0.6 is 0 Å². The molecule has 5 heteroatoms. The molecule has 92 valence electrons. The molecule has 0 radical (unpaired) electrons. The Labute approximate surface area is 99.6 Å². The number of anilines is 1. The molecule has 1 unspecified atom stereocenters. The van der Waals surface area contributed by atoms with Gasteiger partial charge in [0.15, 0.2) is 6.61 Å². The van der Waals surface area contributed by atoms with Crippen molar-refractivity contribution in [2.75, 3.05) is 18.5 Å². The first kappa shape index (κ1) is 11.9. The highest BCUT2D eigenvalue weighted by Crippen LogP contribution is 2.30. The van der Waals surface area contributed by atoms with Crippen LogP contribution in [0.25, 0.3) is 0 Å². The summed E-state index contributed by atoms with van der Waals surface area (Å²) >= 11 is 0. The molecule has 1 amide bonds. The molecule has 5 nitrogen and oxygen atoms in total. The number of aliphatic hydroxyl groups excluding tert-OH is 1. The number of aliphatic hydroxyl groups is 1. The molecule has 0 saturated heterocycles. The lowest BCUT2D eigenvalue weighted by Crippen LogP contribution is -2.25. The highest BCUT2D eigenvalue weighted by Gasteiger charge is 2.17. The fourth-order valence-electron chi connectivity index (χ4n) is 1.81. The first-order chi connectivity index (χ1) is 8.20. The minimum Gasteiger partial charge on any atom is -0.482 e. The predicted molar refractivity (Wildman–Crippen MR) is 63.8 cm³/mol. The zero-order valence-electron chi connectivity index (χ0n) is 9.48. The number of ether oxygens (including phenoxy) is 1. The Hall–Kier alpha value is -1.59. The second kappa shape index (κ2) is 5.16. The molecule has 1 aromatic carbocycles. The monoisotopic (exact) mass is 236 g/mol. The first-order valence-corrected chi connectivity index (χ1v) is 5.63. The Morgan fingerprint density at radius 3 is 3.12 bits per heavy atom. The topological polar surface area (TPSA) is 84.6 Å². The van der Waals surface area contributed by atoms with E-state index in [2.05, 4.69) is 5.32 Å². The van der Waals surface area contributed by atoms with Gasteiger partial charge in [0.1, 0.15) is 5.75 Å². The van der Waals surface area contributed by atoms with Gasteiger partial charge in [-0.2, -0.15) is 0 Å². The van der Waals surface area contributed by atoms with Crippen molar-refractivity contribution < 1.29 is 14.6 Å². The third-order valence-electron chi connectivity index (χ3n) is 2.74. The van der Waals surface area contributed by atoms with Crippen molar-refractivity contribution in [1.29, 1.82) is 0 Å². The molecule has 1 atom stereocenters. The molecule has 1 aliphatic rings. The summed E-state index contributed by atoms with van der Waals surface area (Å²) in [5.41, 5.74) is 7.58. The molecular weight excluding hydrogens is 220 g/mol. The zero-order chi connectivity index (χ0) is 12.3. The summed E-state index contributed by atoms with van der Waals surface area (Å²) in [4.78, 5) is 11.2. The smallest absolute Gasteiger partial charge is 0.262 e. The minimum atomic E-state index is -0.154. The van der Waals surface area contributed by atoms with Crippen LogP contribution < -0.4 is 15.8 Å². The lowest BCUT2D eigenvalue weighted by molar-refractivity contribution is -0.118. The third-order valence-corrected chi connectivity index (χ3v) is 2.74. The predicted octanol–water partition coefficient (Wildman–Crippen LogP) is 0.790. The van der Waals surface area contributed by atoms with E-state index in [1.165, 1.54) is 0 Å². The quantitative estimate of drug-likeness (QED) is 0.721. The van der Waals surface area contributed by atoms with E-state index in [1.54, 1.807) is 0 Å². The van der Waals surface area contributed by atoms with Crippen LogP contribution in [0, 0.1) is 0 Å². The summed E-state index contributed by atoms with van der Waals surface area (Å²) in [6.45, 7) is 0.196. The lowest BCUT2D eigenvalue weighted by Gasteiger charge is -2.20. The van der Waals surface area contributed by atoms with E-state index in [0.717, 1.165) is 5.56 Å². The number of fused-ring (bicyclic) bond motifs is 1. The Balaban J connectivity index is 2.14. The van der Waals surface area contributed by atoms with Crippen molar-refractivity contribution in [1.82, 2.24) is 0 Å². The number of nitrogens with one attached hydrogen (secondary N) is 1. The first-order valence-electron chi connectivity index (χ1n) is 5.63. The van der Waals surface area contributed by atoms with E-state index in [1.807, 2.05) is 18.2 Å². The lowest BCUT2D eigenvalue weighted by atomic mass is 10.0. The summed E-state index contributed by atoms with van der Waals surface area (Å²) in [5.74, 6) is 0.515. The molecule has 0 spiro atoms. The average molecular weight is 236 g/mol. The van der Waals surface area contributed by atoms with Gasteiger partial charge >= 0.3 is 0 Å². The van der Waals surface area contributed by atoms with Crippen LogP contribution in [0.3, 0.4) is 0 Å². The maximum atomic E-state index is 11.2. The van der Waals surface area contributed by atoms with Crippen molar-refractivity contribution in [2.24, 2.45) is 5.73 Å². The maximum Gasteiger partial charge on any atom is 0.262 e.